The summed E-state index contributed by atoms with van der Waals surface area (Å²) in [6.07, 6.45) is 0.653. The lowest BCUT2D eigenvalue weighted by Gasteiger charge is -2.22. The monoisotopic (exact) mass is 308 g/mol. The third-order valence-corrected chi connectivity index (χ3v) is 4.27. The molecule has 3 N–H and O–H groups in total. The highest BCUT2D eigenvalue weighted by Crippen LogP contribution is 2.31. The minimum absolute atomic E-state index is 0.0198. The van der Waals surface area contributed by atoms with Gasteiger partial charge in [0.25, 0.3) is 0 Å². The van der Waals surface area contributed by atoms with E-state index in [0.29, 0.717) is 16.5 Å². The van der Waals surface area contributed by atoms with Crippen LogP contribution in [0.2, 0.25) is 10.0 Å². The average molecular weight is 309 g/mol. The number of aryl methyl sites for hydroxylation is 2. The van der Waals surface area contributed by atoms with Gasteiger partial charge in [-0.3, -0.25) is 11.3 Å². The summed E-state index contributed by atoms with van der Waals surface area (Å²) >= 11 is 12.5. The molecular formula is C16H18Cl2N2. The molecular weight excluding hydrogens is 291 g/mol. The van der Waals surface area contributed by atoms with Gasteiger partial charge in [-0.05, 0) is 54.7 Å². The van der Waals surface area contributed by atoms with Gasteiger partial charge in [-0.2, -0.15) is 0 Å². The van der Waals surface area contributed by atoms with Gasteiger partial charge in [0, 0.05) is 10.0 Å². The molecule has 0 aliphatic heterocycles. The van der Waals surface area contributed by atoms with Crippen molar-refractivity contribution in [3.05, 3.63) is 68.7 Å². The average Bonchev–Trinajstić information content (AvgIpc) is 2.40. The number of nitrogens with one attached hydrogen (secondary N) is 1. The first-order valence-corrected chi connectivity index (χ1v) is 7.25. The van der Waals surface area contributed by atoms with Crippen molar-refractivity contribution >= 4 is 23.2 Å². The third kappa shape index (κ3) is 3.15. The molecule has 0 spiro atoms. The van der Waals surface area contributed by atoms with Crippen molar-refractivity contribution in [2.45, 2.75) is 26.3 Å². The Bertz CT molecular complexity index is 571. The van der Waals surface area contributed by atoms with E-state index in [-0.39, 0.29) is 6.04 Å². The van der Waals surface area contributed by atoms with Crippen LogP contribution in [0.3, 0.4) is 0 Å². The molecule has 1 atom stereocenters. The van der Waals surface area contributed by atoms with E-state index < -0.39 is 0 Å². The first-order chi connectivity index (χ1) is 9.54. The Morgan fingerprint density at radius 2 is 1.50 bits per heavy atom. The number of halogens is 2. The van der Waals surface area contributed by atoms with Crippen LogP contribution in [0, 0.1) is 13.8 Å². The number of nitrogens with two attached hydrogens (primary N) is 1. The molecule has 0 aromatic heterocycles. The predicted molar refractivity (Wildman–Crippen MR) is 86.1 cm³/mol. The number of hydrogen-bond acceptors (Lipinski definition) is 2. The lowest BCUT2D eigenvalue weighted by molar-refractivity contribution is 0.547. The number of hydrazine groups is 1. The zero-order chi connectivity index (χ0) is 14.7. The Hall–Kier alpha value is -1.06. The van der Waals surface area contributed by atoms with E-state index in [1.165, 1.54) is 16.7 Å². The van der Waals surface area contributed by atoms with Gasteiger partial charge in [0.1, 0.15) is 0 Å². The van der Waals surface area contributed by atoms with Gasteiger partial charge in [0.15, 0.2) is 0 Å². The zero-order valence-electron chi connectivity index (χ0n) is 11.6. The highest BCUT2D eigenvalue weighted by Gasteiger charge is 2.18. The Balaban J connectivity index is 2.39. The van der Waals surface area contributed by atoms with Gasteiger partial charge in [-0.15, -0.1) is 0 Å². The standard InChI is InChI=1S/C16H18Cl2N2/c1-10-5-3-6-11(2)16(10)15(20-19)9-12-13(17)7-4-8-14(12)18/h3-8,15,20H,9,19H2,1-2H3. The number of hydrogen-bond donors (Lipinski definition) is 2. The Labute approximate surface area is 129 Å². The highest BCUT2D eigenvalue weighted by molar-refractivity contribution is 6.36. The summed E-state index contributed by atoms with van der Waals surface area (Å²) in [5, 5.41) is 1.34. The second-order valence-electron chi connectivity index (χ2n) is 4.93. The predicted octanol–water partition coefficient (Wildman–Crippen LogP) is 4.36. The van der Waals surface area contributed by atoms with Crippen LogP contribution in [-0.2, 0) is 6.42 Å². The molecule has 1 unspecified atom stereocenters. The molecule has 2 nitrogen and oxygen atoms in total. The Kier molecular flexibility index (Phi) is 5.06. The zero-order valence-corrected chi connectivity index (χ0v) is 13.1. The molecule has 2 aromatic rings. The molecule has 2 aromatic carbocycles. The molecule has 0 aliphatic carbocycles. The van der Waals surface area contributed by atoms with Crippen LogP contribution in [0.4, 0.5) is 0 Å². The quantitative estimate of drug-likeness (QED) is 0.650. The van der Waals surface area contributed by atoms with E-state index in [2.05, 4.69) is 31.4 Å². The lowest BCUT2D eigenvalue weighted by atomic mass is 9.92. The fourth-order valence-electron chi connectivity index (χ4n) is 2.55. The Morgan fingerprint density at radius 3 is 2.00 bits per heavy atom. The normalized spacial score (nSPS) is 12.4. The molecule has 0 saturated carbocycles. The number of rotatable bonds is 4. The molecule has 0 fully saturated rings. The molecule has 0 aliphatic rings. The first kappa shape index (κ1) is 15.3. The van der Waals surface area contributed by atoms with Crippen molar-refractivity contribution in [1.29, 1.82) is 0 Å². The summed E-state index contributed by atoms with van der Waals surface area (Å²) in [7, 11) is 0. The van der Waals surface area contributed by atoms with Crippen LogP contribution < -0.4 is 11.3 Å². The minimum Gasteiger partial charge on any atom is -0.271 e. The van der Waals surface area contributed by atoms with Crippen molar-refractivity contribution in [2.24, 2.45) is 5.84 Å². The second kappa shape index (κ2) is 6.59. The SMILES string of the molecule is Cc1cccc(C)c1C(Cc1c(Cl)cccc1Cl)NN. The summed E-state index contributed by atoms with van der Waals surface area (Å²) in [4.78, 5) is 0. The lowest BCUT2D eigenvalue weighted by Crippen LogP contribution is -2.30. The maximum absolute atomic E-state index is 6.24. The van der Waals surface area contributed by atoms with Crippen molar-refractivity contribution in [1.82, 2.24) is 5.43 Å². The summed E-state index contributed by atoms with van der Waals surface area (Å²) in [5.41, 5.74) is 7.41. The second-order valence-corrected chi connectivity index (χ2v) is 5.74. The van der Waals surface area contributed by atoms with Crippen molar-refractivity contribution in [3.63, 3.8) is 0 Å². The first-order valence-electron chi connectivity index (χ1n) is 6.49. The molecule has 0 amide bonds. The van der Waals surface area contributed by atoms with E-state index in [0.717, 1.165) is 5.56 Å². The van der Waals surface area contributed by atoms with Crippen LogP contribution in [0.25, 0.3) is 0 Å². The minimum atomic E-state index is -0.0198. The molecule has 20 heavy (non-hydrogen) atoms. The summed E-state index contributed by atoms with van der Waals surface area (Å²) in [6, 6.07) is 11.7. The largest absolute Gasteiger partial charge is 0.271 e. The molecule has 0 radical (unpaired) electrons. The van der Waals surface area contributed by atoms with Crippen molar-refractivity contribution < 1.29 is 0 Å². The molecule has 0 bridgehead atoms. The molecule has 0 heterocycles. The number of benzene rings is 2. The maximum Gasteiger partial charge on any atom is 0.0506 e. The van der Waals surface area contributed by atoms with Gasteiger partial charge in [0.2, 0.25) is 0 Å². The van der Waals surface area contributed by atoms with Crippen LogP contribution in [0.5, 0.6) is 0 Å². The van der Waals surface area contributed by atoms with E-state index in [1.807, 2.05) is 24.3 Å². The molecule has 106 valence electrons. The molecule has 4 heteroatoms. The van der Waals surface area contributed by atoms with Crippen LogP contribution in [0.1, 0.15) is 28.3 Å². The van der Waals surface area contributed by atoms with Crippen molar-refractivity contribution in [2.75, 3.05) is 0 Å². The highest BCUT2D eigenvalue weighted by atomic mass is 35.5. The third-order valence-electron chi connectivity index (χ3n) is 3.56. The maximum atomic E-state index is 6.24. The van der Waals surface area contributed by atoms with Crippen molar-refractivity contribution in [3.8, 4) is 0 Å². The van der Waals surface area contributed by atoms with E-state index >= 15 is 0 Å². The Morgan fingerprint density at radius 1 is 1.00 bits per heavy atom. The van der Waals surface area contributed by atoms with Gasteiger partial charge < -0.3 is 0 Å². The smallest absolute Gasteiger partial charge is 0.0506 e. The summed E-state index contributed by atoms with van der Waals surface area (Å²) < 4.78 is 0. The van der Waals surface area contributed by atoms with E-state index in [9.17, 15) is 0 Å². The summed E-state index contributed by atoms with van der Waals surface area (Å²) in [6.45, 7) is 4.17. The fraction of sp³-hybridized carbons (Fsp3) is 0.250. The van der Waals surface area contributed by atoms with E-state index in [1.54, 1.807) is 0 Å². The van der Waals surface area contributed by atoms with E-state index in [4.69, 9.17) is 29.0 Å². The van der Waals surface area contributed by atoms with Crippen LogP contribution in [0.15, 0.2) is 36.4 Å². The van der Waals surface area contributed by atoms with Gasteiger partial charge in [-0.25, -0.2) is 0 Å². The fourth-order valence-corrected chi connectivity index (χ4v) is 3.10. The molecule has 2 rings (SSSR count). The van der Waals surface area contributed by atoms with Crippen LogP contribution >= 0.6 is 23.2 Å². The van der Waals surface area contributed by atoms with Gasteiger partial charge >= 0.3 is 0 Å². The topological polar surface area (TPSA) is 38.0 Å². The van der Waals surface area contributed by atoms with Crippen LogP contribution in [-0.4, -0.2) is 0 Å². The summed E-state index contributed by atoms with van der Waals surface area (Å²) in [5.74, 6) is 5.75. The molecule has 0 saturated heterocycles. The van der Waals surface area contributed by atoms with Gasteiger partial charge in [0.05, 0.1) is 6.04 Å². The van der Waals surface area contributed by atoms with Gasteiger partial charge in [-0.1, -0.05) is 47.5 Å².